The van der Waals surface area contributed by atoms with E-state index in [2.05, 4.69) is 17.2 Å². The summed E-state index contributed by atoms with van der Waals surface area (Å²) in [4.78, 5) is 16.3. The molecule has 1 aromatic rings. The summed E-state index contributed by atoms with van der Waals surface area (Å²) in [5.41, 5.74) is 1.39. The number of nitrogens with zero attached hydrogens (tertiary/aromatic N) is 1. The number of hydrogen-bond donors (Lipinski definition) is 1. The van der Waals surface area contributed by atoms with Crippen molar-refractivity contribution in [1.82, 2.24) is 10.3 Å². The van der Waals surface area contributed by atoms with Crippen LogP contribution in [0, 0.1) is 5.41 Å². The highest BCUT2D eigenvalue weighted by Gasteiger charge is 2.57. The molecule has 2 aliphatic rings. The van der Waals surface area contributed by atoms with Gasteiger partial charge in [0.05, 0.1) is 6.10 Å². The highest BCUT2D eigenvalue weighted by Crippen LogP contribution is 2.54. The summed E-state index contributed by atoms with van der Waals surface area (Å²) in [6.07, 6.45) is 11.2. The molecule has 2 aliphatic carbocycles. The molecule has 2 saturated carbocycles. The van der Waals surface area contributed by atoms with Gasteiger partial charge in [0, 0.05) is 36.9 Å². The number of aromatic nitrogens is 1. The third-order valence-electron chi connectivity index (χ3n) is 5.41. The van der Waals surface area contributed by atoms with E-state index in [1.54, 1.807) is 12.4 Å². The van der Waals surface area contributed by atoms with E-state index in [4.69, 9.17) is 4.74 Å². The fourth-order valence-electron chi connectivity index (χ4n) is 4.16. The van der Waals surface area contributed by atoms with Crippen molar-refractivity contribution in [2.75, 3.05) is 6.61 Å². The standard InChI is InChI=1S/C18H26N2O2/c1-2-22-16-13-15(18(16)9-3-4-10-18)20-17(21)6-5-14-7-11-19-12-8-14/h7-8,11-12,15-16H,2-6,9-10,13H2,1H3,(H,20,21)/t15-,16-/m0/s1. The Balaban J connectivity index is 1.51. The molecule has 1 N–H and O–H groups in total. The summed E-state index contributed by atoms with van der Waals surface area (Å²) < 4.78 is 5.90. The Morgan fingerprint density at radius 2 is 2.09 bits per heavy atom. The third kappa shape index (κ3) is 3.02. The number of carbonyl (C=O) groups is 1. The zero-order valence-electron chi connectivity index (χ0n) is 13.4. The van der Waals surface area contributed by atoms with Crippen LogP contribution in [0.3, 0.4) is 0 Å². The lowest BCUT2D eigenvalue weighted by Crippen LogP contribution is -2.63. The lowest BCUT2D eigenvalue weighted by Gasteiger charge is -2.54. The number of ether oxygens (including phenoxy) is 1. The van der Waals surface area contributed by atoms with Crippen molar-refractivity contribution < 1.29 is 9.53 Å². The molecule has 0 unspecified atom stereocenters. The second kappa shape index (κ2) is 6.78. The van der Waals surface area contributed by atoms with Crippen LogP contribution in [-0.4, -0.2) is 29.6 Å². The molecule has 3 rings (SSSR count). The molecule has 0 saturated heterocycles. The predicted molar refractivity (Wildman–Crippen MR) is 85.4 cm³/mol. The molecule has 4 nitrogen and oxygen atoms in total. The van der Waals surface area contributed by atoms with Gasteiger partial charge in [-0.1, -0.05) is 12.8 Å². The van der Waals surface area contributed by atoms with Crippen molar-refractivity contribution in [2.45, 2.75) is 64.0 Å². The molecule has 1 spiro atoms. The van der Waals surface area contributed by atoms with Gasteiger partial charge >= 0.3 is 0 Å². The molecule has 0 aliphatic heterocycles. The Labute approximate surface area is 132 Å². The molecule has 1 amide bonds. The maximum atomic E-state index is 12.3. The van der Waals surface area contributed by atoms with Crippen molar-refractivity contribution in [2.24, 2.45) is 5.41 Å². The van der Waals surface area contributed by atoms with E-state index in [1.165, 1.54) is 31.2 Å². The Kier molecular flexibility index (Phi) is 4.77. The van der Waals surface area contributed by atoms with Crippen LogP contribution in [0.15, 0.2) is 24.5 Å². The average molecular weight is 302 g/mol. The Hall–Kier alpha value is -1.42. The fourth-order valence-corrected chi connectivity index (χ4v) is 4.16. The molecular formula is C18H26N2O2. The van der Waals surface area contributed by atoms with E-state index < -0.39 is 0 Å². The lowest BCUT2D eigenvalue weighted by atomic mass is 9.60. The normalized spacial score (nSPS) is 25.9. The first-order valence-electron chi connectivity index (χ1n) is 8.54. The van der Waals surface area contributed by atoms with Gasteiger partial charge in [-0.2, -0.15) is 0 Å². The summed E-state index contributed by atoms with van der Waals surface area (Å²) in [5.74, 6) is 0.169. The number of rotatable bonds is 6. The zero-order chi connectivity index (χ0) is 15.4. The number of nitrogens with one attached hydrogen (secondary N) is 1. The average Bonchev–Trinajstić information content (AvgIpc) is 3.06. The van der Waals surface area contributed by atoms with Crippen LogP contribution in [0.5, 0.6) is 0 Å². The summed E-state index contributed by atoms with van der Waals surface area (Å²) in [7, 11) is 0. The van der Waals surface area contributed by atoms with Crippen molar-refractivity contribution in [3.8, 4) is 0 Å². The summed E-state index contributed by atoms with van der Waals surface area (Å²) >= 11 is 0. The molecule has 120 valence electrons. The molecule has 0 bridgehead atoms. The van der Waals surface area contributed by atoms with Gasteiger partial charge in [-0.15, -0.1) is 0 Å². The van der Waals surface area contributed by atoms with Crippen molar-refractivity contribution in [3.05, 3.63) is 30.1 Å². The second-order valence-electron chi connectivity index (χ2n) is 6.60. The Bertz CT molecular complexity index is 497. The number of aryl methyl sites for hydroxylation is 1. The van der Waals surface area contributed by atoms with Gasteiger partial charge in [-0.05, 0) is 50.3 Å². The van der Waals surface area contributed by atoms with Gasteiger partial charge in [-0.3, -0.25) is 9.78 Å². The van der Waals surface area contributed by atoms with Crippen LogP contribution in [0.4, 0.5) is 0 Å². The zero-order valence-corrected chi connectivity index (χ0v) is 13.4. The first kappa shape index (κ1) is 15.5. The Morgan fingerprint density at radius 3 is 2.77 bits per heavy atom. The largest absolute Gasteiger partial charge is 0.378 e. The van der Waals surface area contributed by atoms with E-state index >= 15 is 0 Å². The summed E-state index contributed by atoms with van der Waals surface area (Å²) in [6, 6.07) is 4.26. The molecule has 1 aromatic heterocycles. The molecule has 1 heterocycles. The molecule has 4 heteroatoms. The molecule has 2 atom stereocenters. The van der Waals surface area contributed by atoms with E-state index in [0.29, 0.717) is 18.6 Å². The van der Waals surface area contributed by atoms with Gasteiger partial charge in [-0.25, -0.2) is 0 Å². The van der Waals surface area contributed by atoms with Gasteiger partial charge in [0.1, 0.15) is 0 Å². The number of pyridine rings is 1. The van der Waals surface area contributed by atoms with Crippen LogP contribution < -0.4 is 5.32 Å². The molecule has 2 fully saturated rings. The monoisotopic (exact) mass is 302 g/mol. The maximum absolute atomic E-state index is 12.3. The predicted octanol–water partition coefficient (Wildman–Crippen LogP) is 2.87. The van der Waals surface area contributed by atoms with Crippen LogP contribution in [0.2, 0.25) is 0 Å². The van der Waals surface area contributed by atoms with Gasteiger partial charge in [0.25, 0.3) is 0 Å². The minimum Gasteiger partial charge on any atom is -0.378 e. The van der Waals surface area contributed by atoms with Crippen molar-refractivity contribution in [3.63, 3.8) is 0 Å². The fraction of sp³-hybridized carbons (Fsp3) is 0.667. The van der Waals surface area contributed by atoms with Gasteiger partial charge in [0.2, 0.25) is 5.91 Å². The molecule has 0 aromatic carbocycles. The van der Waals surface area contributed by atoms with Crippen LogP contribution in [0.1, 0.15) is 51.0 Å². The van der Waals surface area contributed by atoms with Gasteiger partial charge < -0.3 is 10.1 Å². The first-order valence-corrected chi connectivity index (χ1v) is 8.54. The smallest absolute Gasteiger partial charge is 0.220 e. The van der Waals surface area contributed by atoms with E-state index in [0.717, 1.165) is 19.4 Å². The molecule has 0 radical (unpaired) electrons. The van der Waals surface area contributed by atoms with E-state index in [9.17, 15) is 4.79 Å². The van der Waals surface area contributed by atoms with E-state index in [-0.39, 0.29) is 11.3 Å². The molecule has 22 heavy (non-hydrogen) atoms. The first-order chi connectivity index (χ1) is 10.7. The highest BCUT2D eigenvalue weighted by atomic mass is 16.5. The minimum atomic E-state index is 0.169. The van der Waals surface area contributed by atoms with Crippen LogP contribution in [0.25, 0.3) is 0 Å². The van der Waals surface area contributed by atoms with Crippen molar-refractivity contribution >= 4 is 5.91 Å². The maximum Gasteiger partial charge on any atom is 0.220 e. The SMILES string of the molecule is CCO[C@H]1C[C@H](NC(=O)CCc2ccncc2)C12CCCC2. The lowest BCUT2D eigenvalue weighted by molar-refractivity contribution is -0.144. The Morgan fingerprint density at radius 1 is 1.36 bits per heavy atom. The number of amides is 1. The van der Waals surface area contributed by atoms with Crippen LogP contribution >= 0.6 is 0 Å². The van der Waals surface area contributed by atoms with Gasteiger partial charge in [0.15, 0.2) is 0 Å². The number of carbonyl (C=O) groups excluding carboxylic acids is 1. The summed E-state index contributed by atoms with van der Waals surface area (Å²) in [5, 5.41) is 3.27. The van der Waals surface area contributed by atoms with E-state index in [1.807, 2.05) is 12.1 Å². The minimum absolute atomic E-state index is 0.169. The van der Waals surface area contributed by atoms with Crippen LogP contribution in [-0.2, 0) is 16.0 Å². The molecular weight excluding hydrogens is 276 g/mol. The van der Waals surface area contributed by atoms with Crippen molar-refractivity contribution in [1.29, 1.82) is 0 Å². The third-order valence-corrected chi connectivity index (χ3v) is 5.41. The second-order valence-corrected chi connectivity index (χ2v) is 6.60. The highest BCUT2D eigenvalue weighted by molar-refractivity contribution is 5.76. The quantitative estimate of drug-likeness (QED) is 0.879. The summed E-state index contributed by atoms with van der Waals surface area (Å²) in [6.45, 7) is 2.83. The number of hydrogen-bond acceptors (Lipinski definition) is 3. The topological polar surface area (TPSA) is 51.2 Å².